The van der Waals surface area contributed by atoms with Crippen molar-refractivity contribution >= 4 is 5.78 Å². The highest BCUT2D eigenvalue weighted by Gasteiger charge is 2.60. The number of rotatable bonds is 1. The monoisotopic (exact) mass is 260 g/mol. The fraction of sp³-hybridized carbons (Fsp3) is 0.562. The second kappa shape index (κ2) is 4.43. The summed E-state index contributed by atoms with van der Waals surface area (Å²) in [7, 11) is 0. The molecule has 0 aromatic heterocycles. The van der Waals surface area contributed by atoms with Gasteiger partial charge in [-0.25, -0.2) is 0 Å². The number of carbonyl (C=O) groups is 1. The molecule has 3 nitrogen and oxygen atoms in total. The summed E-state index contributed by atoms with van der Waals surface area (Å²) in [6.07, 6.45) is 2.94. The average molecular weight is 260 g/mol. The third kappa shape index (κ3) is 1.92. The Kier molecular flexibility index (Phi) is 2.99. The molecule has 1 aromatic carbocycles. The van der Waals surface area contributed by atoms with Crippen LogP contribution < -0.4 is 0 Å². The van der Waals surface area contributed by atoms with Crippen molar-refractivity contribution in [2.75, 3.05) is 0 Å². The van der Waals surface area contributed by atoms with Gasteiger partial charge in [-0.1, -0.05) is 30.3 Å². The number of ketones is 1. The molecular weight excluding hydrogens is 240 g/mol. The smallest absolute Gasteiger partial charge is 0.185 e. The first-order chi connectivity index (χ1) is 9.05. The molecule has 3 heteroatoms. The lowest BCUT2D eigenvalue weighted by Gasteiger charge is -2.39. The van der Waals surface area contributed by atoms with Gasteiger partial charge >= 0.3 is 0 Å². The third-order valence-electron chi connectivity index (χ3n) is 4.39. The first-order valence-corrected chi connectivity index (χ1v) is 6.99. The molecule has 0 radical (unpaired) electrons. The molecule has 0 amide bonds. The van der Waals surface area contributed by atoms with Crippen LogP contribution in [-0.4, -0.2) is 17.0 Å². The fourth-order valence-corrected chi connectivity index (χ4v) is 3.22. The van der Waals surface area contributed by atoms with Crippen LogP contribution in [0.2, 0.25) is 0 Å². The number of Topliss-reactive ketones (excluding diaryl/α,β-unsaturated/α-hetero) is 1. The van der Waals surface area contributed by atoms with Crippen molar-refractivity contribution in [3.8, 4) is 0 Å². The largest absolute Gasteiger partial charge is 0.339 e. The summed E-state index contributed by atoms with van der Waals surface area (Å²) in [5.41, 5.74) is -0.345. The summed E-state index contributed by atoms with van der Waals surface area (Å²) in [6.45, 7) is 3.94. The Morgan fingerprint density at radius 2 is 1.84 bits per heavy atom. The summed E-state index contributed by atoms with van der Waals surface area (Å²) in [5, 5.41) is 0. The predicted molar refractivity (Wildman–Crippen MR) is 71.6 cm³/mol. The average Bonchev–Trinajstić information content (AvgIpc) is 2.67. The molecule has 19 heavy (non-hydrogen) atoms. The second-order valence-corrected chi connectivity index (χ2v) is 5.95. The molecule has 1 heterocycles. The summed E-state index contributed by atoms with van der Waals surface area (Å²) in [4.78, 5) is 12.4. The van der Waals surface area contributed by atoms with E-state index in [9.17, 15) is 4.79 Å². The van der Waals surface area contributed by atoms with Crippen molar-refractivity contribution in [2.24, 2.45) is 0 Å². The van der Waals surface area contributed by atoms with E-state index >= 15 is 0 Å². The first-order valence-electron chi connectivity index (χ1n) is 6.99. The minimum atomic E-state index is -0.758. The molecule has 1 saturated heterocycles. The zero-order chi connectivity index (χ0) is 13.5. The van der Waals surface area contributed by atoms with E-state index in [4.69, 9.17) is 9.47 Å². The molecule has 1 saturated carbocycles. The first kappa shape index (κ1) is 12.8. The lowest BCUT2D eigenvalue weighted by Crippen LogP contribution is -2.55. The van der Waals surface area contributed by atoms with Crippen LogP contribution in [0, 0.1) is 0 Å². The maximum absolute atomic E-state index is 12.4. The topological polar surface area (TPSA) is 35.5 Å². The van der Waals surface area contributed by atoms with Gasteiger partial charge in [0.2, 0.25) is 0 Å². The minimum Gasteiger partial charge on any atom is -0.339 e. The van der Waals surface area contributed by atoms with Crippen LogP contribution in [-0.2, 0) is 14.3 Å². The Morgan fingerprint density at radius 1 is 1.11 bits per heavy atom. The molecular formula is C16H20O3. The highest BCUT2D eigenvalue weighted by atomic mass is 16.7. The van der Waals surface area contributed by atoms with Crippen LogP contribution in [0.25, 0.3) is 0 Å². The van der Waals surface area contributed by atoms with Gasteiger partial charge in [-0.15, -0.1) is 0 Å². The van der Waals surface area contributed by atoms with Crippen LogP contribution in [0.5, 0.6) is 0 Å². The highest BCUT2D eigenvalue weighted by molar-refractivity contribution is 5.89. The van der Waals surface area contributed by atoms with Crippen molar-refractivity contribution in [3.05, 3.63) is 35.9 Å². The van der Waals surface area contributed by atoms with Gasteiger partial charge < -0.3 is 9.47 Å². The summed E-state index contributed by atoms with van der Waals surface area (Å²) in [5.74, 6) is 0.196. The molecule has 2 fully saturated rings. The quantitative estimate of drug-likeness (QED) is 0.776. The maximum Gasteiger partial charge on any atom is 0.185 e. The molecule has 3 rings (SSSR count). The third-order valence-corrected chi connectivity index (χ3v) is 4.39. The van der Waals surface area contributed by atoms with Crippen molar-refractivity contribution < 1.29 is 14.3 Å². The van der Waals surface area contributed by atoms with Gasteiger partial charge in [-0.3, -0.25) is 4.79 Å². The second-order valence-electron chi connectivity index (χ2n) is 5.95. The van der Waals surface area contributed by atoms with Gasteiger partial charge in [0.25, 0.3) is 0 Å². The van der Waals surface area contributed by atoms with E-state index in [1.165, 1.54) is 0 Å². The SMILES string of the molecule is CC1(C)OC(c2ccccc2)OC12CCCCC2=O. The number of hydrogen-bond acceptors (Lipinski definition) is 3. The summed E-state index contributed by atoms with van der Waals surface area (Å²) >= 11 is 0. The molecule has 102 valence electrons. The molecule has 1 aliphatic carbocycles. The van der Waals surface area contributed by atoms with Crippen molar-refractivity contribution in [1.82, 2.24) is 0 Å². The Hall–Kier alpha value is -1.19. The van der Waals surface area contributed by atoms with Crippen LogP contribution in [0.3, 0.4) is 0 Å². The van der Waals surface area contributed by atoms with Crippen molar-refractivity contribution in [2.45, 2.75) is 57.0 Å². The molecule has 1 aliphatic heterocycles. The molecule has 2 unspecified atom stereocenters. The maximum atomic E-state index is 12.4. The zero-order valence-corrected chi connectivity index (χ0v) is 11.5. The Bertz CT molecular complexity index is 480. The number of ether oxygens (including phenoxy) is 2. The van der Waals surface area contributed by atoms with E-state index < -0.39 is 17.5 Å². The van der Waals surface area contributed by atoms with Gasteiger partial charge in [-0.2, -0.15) is 0 Å². The van der Waals surface area contributed by atoms with Crippen LogP contribution in [0.1, 0.15) is 51.4 Å². The lowest BCUT2D eigenvalue weighted by atomic mass is 9.73. The molecule has 2 atom stereocenters. The molecule has 1 aromatic rings. The minimum absolute atomic E-state index is 0.196. The van der Waals surface area contributed by atoms with E-state index in [0.29, 0.717) is 6.42 Å². The van der Waals surface area contributed by atoms with Crippen LogP contribution in [0.4, 0.5) is 0 Å². The lowest BCUT2D eigenvalue weighted by molar-refractivity contribution is -0.153. The van der Waals surface area contributed by atoms with Gasteiger partial charge in [0.1, 0.15) is 5.60 Å². The Morgan fingerprint density at radius 3 is 2.53 bits per heavy atom. The molecule has 2 aliphatic rings. The van der Waals surface area contributed by atoms with Gasteiger partial charge in [-0.05, 0) is 33.1 Å². The molecule has 1 spiro atoms. The van der Waals surface area contributed by atoms with Crippen LogP contribution >= 0.6 is 0 Å². The van der Waals surface area contributed by atoms with Crippen molar-refractivity contribution in [1.29, 1.82) is 0 Å². The van der Waals surface area contributed by atoms with Crippen LogP contribution in [0.15, 0.2) is 30.3 Å². The molecule has 0 N–H and O–H groups in total. The fourth-order valence-electron chi connectivity index (χ4n) is 3.22. The zero-order valence-electron chi connectivity index (χ0n) is 11.5. The Balaban J connectivity index is 1.93. The van der Waals surface area contributed by atoms with E-state index in [1.807, 2.05) is 44.2 Å². The van der Waals surface area contributed by atoms with E-state index in [1.54, 1.807) is 0 Å². The van der Waals surface area contributed by atoms with Crippen molar-refractivity contribution in [3.63, 3.8) is 0 Å². The van der Waals surface area contributed by atoms with Gasteiger partial charge in [0.05, 0.1) is 0 Å². The van der Waals surface area contributed by atoms with Gasteiger partial charge in [0.15, 0.2) is 17.7 Å². The standard InChI is InChI=1S/C16H20O3/c1-15(2)16(11-7-6-10-13(16)17)19-14(18-15)12-8-4-3-5-9-12/h3-5,8-9,14H,6-7,10-11H2,1-2H3. The molecule has 0 bridgehead atoms. The number of carbonyl (C=O) groups excluding carboxylic acids is 1. The van der Waals surface area contributed by atoms with Gasteiger partial charge in [0, 0.05) is 12.0 Å². The Labute approximate surface area is 113 Å². The highest BCUT2D eigenvalue weighted by Crippen LogP contribution is 2.50. The van der Waals surface area contributed by atoms with E-state index in [-0.39, 0.29) is 5.78 Å². The summed E-state index contributed by atoms with van der Waals surface area (Å²) < 4.78 is 12.2. The predicted octanol–water partition coefficient (Wildman–Crippen LogP) is 3.39. The number of hydrogen-bond donors (Lipinski definition) is 0. The number of benzene rings is 1. The van der Waals surface area contributed by atoms with E-state index in [0.717, 1.165) is 24.8 Å². The normalized spacial score (nSPS) is 33.8. The van der Waals surface area contributed by atoms with E-state index in [2.05, 4.69) is 0 Å². The summed E-state index contributed by atoms with van der Waals surface area (Å²) in [6, 6.07) is 9.84.